The van der Waals surface area contributed by atoms with E-state index in [0.717, 1.165) is 15.9 Å². The Bertz CT molecular complexity index is 608. The van der Waals surface area contributed by atoms with E-state index in [0.29, 0.717) is 0 Å². The minimum atomic E-state index is 0.893. The molecule has 1 aromatic heterocycles. The first kappa shape index (κ1) is 12.7. The molecule has 3 heteroatoms. The number of pyridine rings is 1. The predicted molar refractivity (Wildman–Crippen MR) is 83.0 cm³/mol. The number of fused-ring (bicyclic) bond motifs is 1. The van der Waals surface area contributed by atoms with Crippen LogP contribution in [0.4, 0.5) is 11.5 Å². The van der Waals surface area contributed by atoms with Gasteiger partial charge in [-0.15, -0.1) is 0 Å². The fraction of sp³-hybridized carbons (Fsp3) is 0.312. The lowest BCUT2D eigenvalue weighted by atomic mass is 9.90. The van der Waals surface area contributed by atoms with Crippen LogP contribution in [-0.2, 0) is 12.8 Å². The standard InChI is InChI=1S/C16H17BrN2/c1-11-9-14(17)16(18-10-11)19-15-8-4-6-12-5-2-3-7-13(12)15/h4,6,8-10H,2-3,5,7H2,1H3,(H,18,19). The van der Waals surface area contributed by atoms with E-state index in [2.05, 4.69) is 50.5 Å². The Morgan fingerprint density at radius 2 is 2.05 bits per heavy atom. The minimum absolute atomic E-state index is 0.893. The van der Waals surface area contributed by atoms with Gasteiger partial charge in [-0.3, -0.25) is 0 Å². The Morgan fingerprint density at radius 3 is 2.89 bits per heavy atom. The largest absolute Gasteiger partial charge is 0.339 e. The Kier molecular flexibility index (Phi) is 3.56. The van der Waals surface area contributed by atoms with Crippen molar-refractivity contribution >= 4 is 27.4 Å². The zero-order chi connectivity index (χ0) is 13.2. The first-order valence-corrected chi connectivity index (χ1v) is 7.53. The van der Waals surface area contributed by atoms with Crippen LogP contribution in [0, 0.1) is 6.92 Å². The van der Waals surface area contributed by atoms with Crippen LogP contribution < -0.4 is 5.32 Å². The Morgan fingerprint density at radius 1 is 1.21 bits per heavy atom. The first-order valence-electron chi connectivity index (χ1n) is 6.74. The molecule has 0 atom stereocenters. The first-order chi connectivity index (χ1) is 9.24. The molecule has 98 valence electrons. The summed E-state index contributed by atoms with van der Waals surface area (Å²) in [6.45, 7) is 2.05. The molecule has 0 amide bonds. The van der Waals surface area contributed by atoms with Crippen molar-refractivity contribution in [3.05, 3.63) is 51.6 Å². The summed E-state index contributed by atoms with van der Waals surface area (Å²) < 4.78 is 1.01. The van der Waals surface area contributed by atoms with E-state index in [9.17, 15) is 0 Å². The number of rotatable bonds is 2. The maximum atomic E-state index is 4.46. The maximum Gasteiger partial charge on any atom is 0.144 e. The second-order valence-corrected chi connectivity index (χ2v) is 5.97. The average Bonchev–Trinajstić information content (AvgIpc) is 2.42. The van der Waals surface area contributed by atoms with Gasteiger partial charge < -0.3 is 5.32 Å². The molecule has 1 aliphatic rings. The summed E-state index contributed by atoms with van der Waals surface area (Å²) in [6.07, 6.45) is 6.86. The molecule has 1 heterocycles. The second-order valence-electron chi connectivity index (χ2n) is 5.12. The van der Waals surface area contributed by atoms with Crippen molar-refractivity contribution in [1.82, 2.24) is 4.98 Å². The fourth-order valence-electron chi connectivity index (χ4n) is 2.65. The number of hydrogen-bond donors (Lipinski definition) is 1. The van der Waals surface area contributed by atoms with Gasteiger partial charge in [0, 0.05) is 11.9 Å². The molecule has 1 aliphatic carbocycles. The summed E-state index contributed by atoms with van der Waals surface area (Å²) >= 11 is 3.58. The third-order valence-corrected chi connectivity index (χ3v) is 4.23. The van der Waals surface area contributed by atoms with Crippen LogP contribution >= 0.6 is 15.9 Å². The van der Waals surface area contributed by atoms with Crippen molar-refractivity contribution < 1.29 is 0 Å². The molecule has 2 nitrogen and oxygen atoms in total. The van der Waals surface area contributed by atoms with Crippen LogP contribution in [0.3, 0.4) is 0 Å². The Balaban J connectivity index is 1.95. The quantitative estimate of drug-likeness (QED) is 0.862. The number of benzene rings is 1. The van der Waals surface area contributed by atoms with Gasteiger partial charge in [0.1, 0.15) is 5.82 Å². The summed E-state index contributed by atoms with van der Waals surface area (Å²) in [6, 6.07) is 8.62. The van der Waals surface area contributed by atoms with Gasteiger partial charge in [-0.1, -0.05) is 12.1 Å². The van der Waals surface area contributed by atoms with Crippen LogP contribution in [0.15, 0.2) is 34.9 Å². The smallest absolute Gasteiger partial charge is 0.144 e. The van der Waals surface area contributed by atoms with Gasteiger partial charge in [0.05, 0.1) is 4.47 Å². The maximum absolute atomic E-state index is 4.46. The molecule has 1 aromatic carbocycles. The van der Waals surface area contributed by atoms with E-state index in [4.69, 9.17) is 0 Å². The van der Waals surface area contributed by atoms with Crippen molar-refractivity contribution in [3.63, 3.8) is 0 Å². The summed E-state index contributed by atoms with van der Waals surface area (Å²) in [5.41, 5.74) is 5.31. The molecule has 3 rings (SSSR count). The van der Waals surface area contributed by atoms with Gasteiger partial charge in [-0.25, -0.2) is 4.98 Å². The summed E-state index contributed by atoms with van der Waals surface area (Å²) in [4.78, 5) is 4.46. The predicted octanol–water partition coefficient (Wildman–Crippen LogP) is 4.77. The van der Waals surface area contributed by atoms with Crippen LogP contribution in [0.5, 0.6) is 0 Å². The van der Waals surface area contributed by atoms with E-state index in [1.807, 2.05) is 13.1 Å². The molecule has 0 unspecified atom stereocenters. The molecule has 0 spiro atoms. The van der Waals surface area contributed by atoms with E-state index in [1.165, 1.54) is 42.5 Å². The van der Waals surface area contributed by atoms with E-state index in [1.54, 1.807) is 0 Å². The van der Waals surface area contributed by atoms with Crippen LogP contribution in [0.2, 0.25) is 0 Å². The topological polar surface area (TPSA) is 24.9 Å². The number of hydrogen-bond acceptors (Lipinski definition) is 2. The van der Waals surface area contributed by atoms with Gasteiger partial charge in [0.2, 0.25) is 0 Å². The molecule has 0 radical (unpaired) electrons. The molecule has 19 heavy (non-hydrogen) atoms. The van der Waals surface area contributed by atoms with Crippen molar-refractivity contribution in [3.8, 4) is 0 Å². The Labute approximate surface area is 122 Å². The SMILES string of the molecule is Cc1cnc(Nc2cccc3c2CCCC3)c(Br)c1. The lowest BCUT2D eigenvalue weighted by molar-refractivity contribution is 0.687. The number of halogens is 1. The third-order valence-electron chi connectivity index (χ3n) is 3.63. The molecule has 0 saturated heterocycles. The van der Waals surface area contributed by atoms with Gasteiger partial charge in [0.25, 0.3) is 0 Å². The van der Waals surface area contributed by atoms with E-state index >= 15 is 0 Å². The Hall–Kier alpha value is -1.35. The van der Waals surface area contributed by atoms with Crippen molar-refractivity contribution in [2.75, 3.05) is 5.32 Å². The average molecular weight is 317 g/mol. The lowest BCUT2D eigenvalue weighted by Crippen LogP contribution is -2.06. The number of aromatic nitrogens is 1. The molecular weight excluding hydrogens is 300 g/mol. The lowest BCUT2D eigenvalue weighted by Gasteiger charge is -2.20. The number of nitrogens with zero attached hydrogens (tertiary/aromatic N) is 1. The molecule has 0 bridgehead atoms. The zero-order valence-electron chi connectivity index (χ0n) is 11.0. The minimum Gasteiger partial charge on any atom is -0.339 e. The van der Waals surface area contributed by atoms with Gasteiger partial charge in [-0.05, 0) is 77.4 Å². The molecule has 0 fully saturated rings. The van der Waals surface area contributed by atoms with Crippen LogP contribution in [-0.4, -0.2) is 4.98 Å². The number of nitrogens with one attached hydrogen (secondary N) is 1. The van der Waals surface area contributed by atoms with E-state index in [-0.39, 0.29) is 0 Å². The third kappa shape index (κ3) is 2.66. The highest BCUT2D eigenvalue weighted by atomic mass is 79.9. The van der Waals surface area contributed by atoms with Crippen LogP contribution in [0.1, 0.15) is 29.5 Å². The van der Waals surface area contributed by atoms with E-state index < -0.39 is 0 Å². The van der Waals surface area contributed by atoms with Gasteiger partial charge in [0.15, 0.2) is 0 Å². The molecule has 2 aromatic rings. The van der Waals surface area contributed by atoms with Crippen molar-refractivity contribution in [2.45, 2.75) is 32.6 Å². The molecular formula is C16H17BrN2. The molecule has 0 aliphatic heterocycles. The van der Waals surface area contributed by atoms with Gasteiger partial charge in [-0.2, -0.15) is 0 Å². The summed E-state index contributed by atoms with van der Waals surface area (Å²) in [5, 5.41) is 3.47. The highest BCUT2D eigenvalue weighted by Crippen LogP contribution is 2.31. The number of aryl methyl sites for hydroxylation is 2. The molecule has 1 N–H and O–H groups in total. The highest BCUT2D eigenvalue weighted by molar-refractivity contribution is 9.10. The van der Waals surface area contributed by atoms with Gasteiger partial charge >= 0.3 is 0 Å². The van der Waals surface area contributed by atoms with Crippen molar-refractivity contribution in [1.29, 1.82) is 0 Å². The second kappa shape index (κ2) is 5.33. The monoisotopic (exact) mass is 316 g/mol. The molecule has 0 saturated carbocycles. The van der Waals surface area contributed by atoms with Crippen LogP contribution in [0.25, 0.3) is 0 Å². The van der Waals surface area contributed by atoms with Crippen molar-refractivity contribution in [2.24, 2.45) is 0 Å². The zero-order valence-corrected chi connectivity index (χ0v) is 12.6. The number of anilines is 2. The summed E-state index contributed by atoms with van der Waals surface area (Å²) in [7, 11) is 0. The normalized spacial score (nSPS) is 14.0. The highest BCUT2D eigenvalue weighted by Gasteiger charge is 2.13. The fourth-order valence-corrected chi connectivity index (χ4v) is 3.21. The summed E-state index contributed by atoms with van der Waals surface area (Å²) in [5.74, 6) is 0.893.